The molecule has 1 fully saturated rings. The van der Waals surface area contributed by atoms with Crippen molar-refractivity contribution in [1.82, 2.24) is 9.55 Å². The lowest BCUT2D eigenvalue weighted by atomic mass is 10.2. The normalized spacial score (nSPS) is 15.4. The van der Waals surface area contributed by atoms with Gasteiger partial charge in [-0.3, -0.25) is 4.79 Å². The molecule has 0 saturated heterocycles. The van der Waals surface area contributed by atoms with E-state index in [9.17, 15) is 9.59 Å². The number of aromatic nitrogens is 2. The van der Waals surface area contributed by atoms with Gasteiger partial charge < -0.3 is 14.0 Å². The second-order valence-electron chi connectivity index (χ2n) is 5.64. The topological polar surface area (TPSA) is 70.4 Å². The van der Waals surface area contributed by atoms with E-state index >= 15 is 0 Å². The maximum absolute atomic E-state index is 12.4. The van der Waals surface area contributed by atoms with Gasteiger partial charge in [-0.1, -0.05) is 0 Å². The summed E-state index contributed by atoms with van der Waals surface area (Å²) in [6.07, 6.45) is 5.95. The van der Waals surface area contributed by atoms with Crippen LogP contribution in [0.3, 0.4) is 0 Å². The molecule has 1 saturated carbocycles. The van der Waals surface area contributed by atoms with Crippen LogP contribution in [0.25, 0.3) is 10.9 Å². The standard InChI is InChI=1S/C16H18N2O4S/c1-18-12-10(8-11(14(18)19)15(20)21-2)4-7-17-13(12)22-9-16(23-3)5-6-16/h4,7-8H,5-6,9H2,1-3H3. The molecule has 0 unspecified atom stereocenters. The summed E-state index contributed by atoms with van der Waals surface area (Å²) in [7, 11) is 2.86. The Hall–Kier alpha value is -2.02. The van der Waals surface area contributed by atoms with Crippen LogP contribution in [-0.2, 0) is 11.8 Å². The Morgan fingerprint density at radius 1 is 1.48 bits per heavy atom. The first-order chi connectivity index (χ1) is 11.0. The first-order valence-electron chi connectivity index (χ1n) is 7.26. The Morgan fingerprint density at radius 3 is 2.83 bits per heavy atom. The Kier molecular flexibility index (Phi) is 4.06. The second-order valence-corrected chi connectivity index (χ2v) is 6.92. The van der Waals surface area contributed by atoms with Gasteiger partial charge in [0.05, 0.1) is 7.11 Å². The van der Waals surface area contributed by atoms with Crippen LogP contribution in [-0.4, -0.2) is 40.2 Å². The van der Waals surface area contributed by atoms with Crippen molar-refractivity contribution in [2.45, 2.75) is 17.6 Å². The highest BCUT2D eigenvalue weighted by atomic mass is 32.2. The van der Waals surface area contributed by atoms with Crippen LogP contribution in [0.2, 0.25) is 0 Å². The highest BCUT2D eigenvalue weighted by Crippen LogP contribution is 2.47. The summed E-state index contributed by atoms with van der Waals surface area (Å²) in [6.45, 7) is 0.563. The minimum atomic E-state index is -0.647. The van der Waals surface area contributed by atoms with Gasteiger partial charge in [0.2, 0.25) is 5.88 Å². The molecule has 122 valence electrons. The molecule has 23 heavy (non-hydrogen) atoms. The van der Waals surface area contributed by atoms with Crippen molar-refractivity contribution >= 4 is 28.6 Å². The number of hydrogen-bond acceptors (Lipinski definition) is 6. The molecule has 0 amide bonds. The molecule has 1 aliphatic carbocycles. The molecule has 6 nitrogen and oxygen atoms in total. The van der Waals surface area contributed by atoms with E-state index < -0.39 is 11.5 Å². The van der Waals surface area contributed by atoms with Crippen molar-refractivity contribution in [3.8, 4) is 5.88 Å². The van der Waals surface area contributed by atoms with Crippen LogP contribution in [0.5, 0.6) is 5.88 Å². The lowest BCUT2D eigenvalue weighted by Crippen LogP contribution is -2.26. The number of methoxy groups -OCH3 is 1. The zero-order valence-corrected chi connectivity index (χ0v) is 14.1. The fourth-order valence-corrected chi connectivity index (χ4v) is 3.20. The molecule has 2 aromatic heterocycles. The zero-order chi connectivity index (χ0) is 16.6. The maximum atomic E-state index is 12.4. The number of esters is 1. The van der Waals surface area contributed by atoms with E-state index in [1.807, 2.05) is 0 Å². The van der Waals surface area contributed by atoms with Gasteiger partial charge in [0, 0.05) is 23.4 Å². The van der Waals surface area contributed by atoms with Crippen LogP contribution in [0, 0.1) is 0 Å². The number of rotatable bonds is 5. The predicted octanol–water partition coefficient (Wildman–Crippen LogP) is 1.99. The van der Waals surface area contributed by atoms with Gasteiger partial charge in [-0.25, -0.2) is 9.78 Å². The average molecular weight is 334 g/mol. The summed E-state index contributed by atoms with van der Waals surface area (Å²) in [4.78, 5) is 28.4. The Balaban J connectivity index is 2.05. The van der Waals surface area contributed by atoms with Crippen LogP contribution < -0.4 is 10.3 Å². The summed E-state index contributed by atoms with van der Waals surface area (Å²) < 4.78 is 12.1. The van der Waals surface area contributed by atoms with Crippen molar-refractivity contribution in [3.05, 3.63) is 34.2 Å². The van der Waals surface area contributed by atoms with Crippen LogP contribution >= 0.6 is 11.8 Å². The fraction of sp³-hybridized carbons (Fsp3) is 0.438. The molecule has 0 atom stereocenters. The molecule has 0 bridgehead atoms. The monoisotopic (exact) mass is 334 g/mol. The molecule has 0 aliphatic heterocycles. The van der Waals surface area contributed by atoms with Crippen LogP contribution in [0.15, 0.2) is 23.1 Å². The summed E-state index contributed by atoms with van der Waals surface area (Å²) in [6, 6.07) is 3.27. The maximum Gasteiger partial charge on any atom is 0.343 e. The summed E-state index contributed by atoms with van der Waals surface area (Å²) >= 11 is 1.80. The van der Waals surface area contributed by atoms with Gasteiger partial charge in [-0.05, 0) is 31.2 Å². The third kappa shape index (κ3) is 2.81. The molecule has 3 rings (SSSR count). The van der Waals surface area contributed by atoms with E-state index in [1.54, 1.807) is 31.1 Å². The SMILES string of the molecule is COC(=O)c1cc2ccnc(OCC3(SC)CC3)c2n(C)c1=O. The smallest absolute Gasteiger partial charge is 0.343 e. The second kappa shape index (κ2) is 5.88. The number of nitrogens with zero attached hydrogens (tertiary/aromatic N) is 2. The number of carbonyl (C=O) groups is 1. The number of hydrogen-bond donors (Lipinski definition) is 0. The zero-order valence-electron chi connectivity index (χ0n) is 13.3. The molecule has 0 N–H and O–H groups in total. The van der Waals surface area contributed by atoms with E-state index in [0.29, 0.717) is 23.4 Å². The molecular formula is C16H18N2O4S. The highest BCUT2D eigenvalue weighted by Gasteiger charge is 2.43. The molecular weight excluding hydrogens is 316 g/mol. The van der Waals surface area contributed by atoms with E-state index in [-0.39, 0.29) is 10.3 Å². The minimum Gasteiger partial charge on any atom is -0.475 e. The summed E-state index contributed by atoms with van der Waals surface area (Å²) in [5.74, 6) is -0.232. The largest absolute Gasteiger partial charge is 0.475 e. The van der Waals surface area contributed by atoms with Gasteiger partial charge in [0.25, 0.3) is 5.56 Å². The lowest BCUT2D eigenvalue weighted by molar-refractivity contribution is 0.0598. The van der Waals surface area contributed by atoms with Crippen molar-refractivity contribution in [1.29, 1.82) is 0 Å². The molecule has 0 aromatic carbocycles. The lowest BCUT2D eigenvalue weighted by Gasteiger charge is -2.15. The van der Waals surface area contributed by atoms with E-state index in [1.165, 1.54) is 17.7 Å². The quantitative estimate of drug-likeness (QED) is 0.779. The number of aryl methyl sites for hydroxylation is 1. The third-order valence-corrected chi connectivity index (χ3v) is 5.60. The Morgan fingerprint density at radius 2 is 2.22 bits per heavy atom. The van der Waals surface area contributed by atoms with Crippen LogP contribution in [0.4, 0.5) is 0 Å². The van der Waals surface area contributed by atoms with Crippen LogP contribution in [0.1, 0.15) is 23.2 Å². The Bertz CT molecular complexity index is 827. The first-order valence-corrected chi connectivity index (χ1v) is 8.49. The predicted molar refractivity (Wildman–Crippen MR) is 89.3 cm³/mol. The van der Waals surface area contributed by atoms with Crippen molar-refractivity contribution in [2.75, 3.05) is 20.0 Å². The number of carbonyl (C=O) groups excluding carboxylic acids is 1. The van der Waals surface area contributed by atoms with Gasteiger partial charge in [-0.15, -0.1) is 0 Å². The first kappa shape index (κ1) is 15.9. The molecule has 2 heterocycles. The molecule has 0 spiro atoms. The average Bonchev–Trinajstić information content (AvgIpc) is 3.35. The van der Waals surface area contributed by atoms with E-state index in [0.717, 1.165) is 12.8 Å². The number of thioether (sulfide) groups is 1. The van der Waals surface area contributed by atoms with Gasteiger partial charge >= 0.3 is 5.97 Å². The van der Waals surface area contributed by atoms with Gasteiger partial charge in [0.15, 0.2) is 0 Å². The van der Waals surface area contributed by atoms with Gasteiger partial charge in [0.1, 0.15) is 17.7 Å². The highest BCUT2D eigenvalue weighted by molar-refractivity contribution is 8.00. The minimum absolute atomic E-state index is 0.00225. The van der Waals surface area contributed by atoms with E-state index in [4.69, 9.17) is 4.74 Å². The molecule has 1 aliphatic rings. The number of ether oxygens (including phenoxy) is 2. The molecule has 7 heteroatoms. The van der Waals surface area contributed by atoms with E-state index in [2.05, 4.69) is 16.0 Å². The summed E-state index contributed by atoms with van der Waals surface area (Å²) in [5, 5.41) is 0.714. The molecule has 2 aromatic rings. The number of pyridine rings is 2. The van der Waals surface area contributed by atoms with Crippen molar-refractivity contribution in [3.63, 3.8) is 0 Å². The Labute approximate surface area is 137 Å². The third-order valence-electron chi connectivity index (χ3n) is 4.21. The van der Waals surface area contributed by atoms with Crippen molar-refractivity contribution < 1.29 is 14.3 Å². The molecule has 0 radical (unpaired) electrons. The van der Waals surface area contributed by atoms with Gasteiger partial charge in [-0.2, -0.15) is 11.8 Å². The summed E-state index contributed by atoms with van der Waals surface area (Å²) in [5.41, 5.74) is 0.165. The number of fused-ring (bicyclic) bond motifs is 1. The fourth-order valence-electron chi connectivity index (χ4n) is 2.51. The van der Waals surface area contributed by atoms with Crippen molar-refractivity contribution in [2.24, 2.45) is 7.05 Å².